The van der Waals surface area contributed by atoms with Crippen molar-refractivity contribution in [2.75, 3.05) is 0 Å². The van der Waals surface area contributed by atoms with E-state index in [1.807, 2.05) is 0 Å². The molecule has 0 aromatic heterocycles. The first-order valence-electron chi connectivity index (χ1n) is 6.44. The molecule has 0 aliphatic heterocycles. The summed E-state index contributed by atoms with van der Waals surface area (Å²) in [6.45, 7) is 0. The van der Waals surface area contributed by atoms with Crippen molar-refractivity contribution in [1.82, 2.24) is 0 Å². The maximum atomic E-state index is 10.7. The topological polar surface area (TPSA) is 20.2 Å². The summed E-state index contributed by atoms with van der Waals surface area (Å²) >= 11 is 77.1. The van der Waals surface area contributed by atoms with Crippen molar-refractivity contribution in [3.05, 3.63) is 0 Å². The highest BCUT2D eigenvalue weighted by Crippen LogP contribution is 2.79. The van der Waals surface area contributed by atoms with Crippen molar-refractivity contribution >= 4 is 335 Å². The van der Waals surface area contributed by atoms with Gasteiger partial charge in [0.2, 0.25) is 3.42 Å². The van der Waals surface area contributed by atoms with E-state index in [0.717, 1.165) is 0 Å². The van der Waals surface area contributed by atoms with Gasteiger partial charge in [-0.1, -0.05) is 303 Å². The van der Waals surface area contributed by atoms with Gasteiger partial charge < -0.3 is 5.11 Å². The Kier molecular flexibility index (Phi) is 17.6. The van der Waals surface area contributed by atoms with E-state index < -0.39 is 31.4 Å². The second-order valence-electron chi connectivity index (χ2n) is 5.63. The van der Waals surface area contributed by atoms with Gasteiger partial charge in [0.25, 0.3) is 0 Å². The highest BCUT2D eigenvalue weighted by Gasteiger charge is 2.79. The number of hydrogen-bond acceptors (Lipinski definition) is 1. The Hall–Kier alpha value is 10.0. The summed E-state index contributed by atoms with van der Waals surface area (Å²) in [7, 11) is 0. The van der Waals surface area contributed by atoms with Crippen LogP contribution in [0.15, 0.2) is 0 Å². The van der Waals surface area contributed by atoms with Crippen LogP contribution in [0.3, 0.4) is 0 Å². The van der Waals surface area contributed by atoms with Crippen LogP contribution >= 0.6 is 335 Å². The summed E-state index contributed by atoms with van der Waals surface area (Å²) < 4.78 is -11.5. The molecule has 0 amide bonds. The number of aliphatic hydroxyl groups is 1. The summed E-state index contributed by atoms with van der Waals surface area (Å²) in [6, 6.07) is 0. The molecule has 0 heterocycles. The van der Waals surface area contributed by atoms with Gasteiger partial charge in [0, 0.05) is 0 Å². The minimum Gasteiger partial charge on any atom is -0.368 e. The van der Waals surface area contributed by atoms with Crippen LogP contribution in [-0.2, 0) is 0 Å². The molecule has 22 heteroatoms. The van der Waals surface area contributed by atoms with Crippen molar-refractivity contribution in [2.24, 2.45) is 0 Å². The lowest BCUT2D eigenvalue weighted by Gasteiger charge is -2.59. The van der Waals surface area contributed by atoms with Crippen molar-refractivity contribution in [1.29, 1.82) is 0 Å². The van der Waals surface area contributed by atoms with Crippen LogP contribution in [0.2, 0.25) is 0 Å². The van der Waals surface area contributed by atoms with E-state index >= 15 is 0 Å². The predicted molar refractivity (Wildman–Crippen MR) is 217 cm³/mol. The average Bonchev–Trinajstić information content (AvgIpc) is 2.51. The normalized spacial score (nSPS) is 17.1. The van der Waals surface area contributed by atoms with E-state index in [0.29, 0.717) is 0 Å². The van der Waals surface area contributed by atoms with Gasteiger partial charge in [0.05, 0.1) is 0 Å². The molecule has 0 aliphatic rings. The molecular formula is C10HBr21O. The molecule has 0 aromatic rings. The minimum absolute atomic E-state index is 0.838. The Morgan fingerprint density at radius 1 is 0.250 bits per heavy atom. The molecule has 1 N–H and O–H groups in total. The zero-order valence-corrected chi connectivity index (χ0v) is 46.7. The average molecular weight is 1820 g/mol. The second-order valence-corrected chi connectivity index (χ2v) is 43.3. The fourth-order valence-corrected chi connectivity index (χ4v) is 20.4. The number of hydrogen-bond donors (Lipinski definition) is 1. The third kappa shape index (κ3) is 7.36. The van der Waals surface area contributed by atoms with Crippen molar-refractivity contribution in [3.63, 3.8) is 0 Å². The molecule has 0 aromatic carbocycles. The van der Waals surface area contributed by atoms with Gasteiger partial charge in [-0.2, -0.15) is 0 Å². The summed E-state index contributed by atoms with van der Waals surface area (Å²) in [6.07, 6.45) is 0. The van der Waals surface area contributed by atoms with E-state index in [4.69, 9.17) is 0 Å². The van der Waals surface area contributed by atoms with Crippen molar-refractivity contribution < 1.29 is 5.11 Å². The zero-order chi connectivity index (χ0) is 27.0. The fourth-order valence-electron chi connectivity index (χ4n) is 1.55. The minimum atomic E-state index is -1.62. The van der Waals surface area contributed by atoms with Gasteiger partial charge in [-0.05, 0) is 31.9 Å². The van der Waals surface area contributed by atoms with E-state index in [-0.39, 0.29) is 0 Å². The Morgan fingerprint density at radius 2 is 0.406 bits per heavy atom. The monoisotopic (exact) mass is 1790 g/mol. The molecule has 0 fully saturated rings. The summed E-state index contributed by atoms with van der Waals surface area (Å²) in [5.74, 6) is 0. The van der Waals surface area contributed by atoms with Gasteiger partial charge in [-0.25, -0.2) is 0 Å². The molecule has 0 saturated heterocycles. The first kappa shape index (κ1) is 42.0. The van der Waals surface area contributed by atoms with Gasteiger partial charge in [-0.3, -0.25) is 0 Å². The molecule has 1 nitrogen and oxygen atoms in total. The van der Waals surface area contributed by atoms with Gasteiger partial charge in [-0.15, -0.1) is 0 Å². The van der Waals surface area contributed by atoms with E-state index in [2.05, 4.69) is 335 Å². The number of rotatable bonds is 8. The summed E-state index contributed by atoms with van der Waals surface area (Å²) in [5, 5.41) is 10.7. The maximum absolute atomic E-state index is 10.7. The van der Waals surface area contributed by atoms with E-state index in [9.17, 15) is 5.11 Å². The van der Waals surface area contributed by atoms with Crippen LogP contribution in [0.4, 0.5) is 0 Å². The molecule has 0 saturated carbocycles. The lowest BCUT2D eigenvalue weighted by Crippen LogP contribution is -2.70. The predicted octanol–water partition coefficient (Wildman–Crippen LogP) is 15.1. The molecule has 0 radical (unpaired) electrons. The Labute approximate surface area is 362 Å². The Balaban J connectivity index is 7.00. The summed E-state index contributed by atoms with van der Waals surface area (Å²) in [5.41, 5.74) is 0. The van der Waals surface area contributed by atoms with Crippen LogP contribution < -0.4 is 0 Å². The molecule has 194 valence electrons. The third-order valence-electron chi connectivity index (χ3n) is 3.49. The highest BCUT2D eigenvalue weighted by molar-refractivity contribution is 9.42. The van der Waals surface area contributed by atoms with Gasteiger partial charge in [0.15, 0.2) is 5.38 Å². The summed E-state index contributed by atoms with van der Waals surface area (Å²) in [4.78, 5) is 0. The van der Waals surface area contributed by atoms with Crippen LogP contribution in [0, 0.1) is 0 Å². The third-order valence-corrected chi connectivity index (χ3v) is 45.7. The highest BCUT2D eigenvalue weighted by atomic mass is 80.0. The molecule has 0 atom stereocenters. The smallest absolute Gasteiger partial charge is 0.202 e. The van der Waals surface area contributed by atoms with Crippen LogP contribution in [0.25, 0.3) is 0 Å². The fraction of sp³-hybridized carbons (Fsp3) is 1.00. The van der Waals surface area contributed by atoms with Gasteiger partial charge in [0.1, 0.15) is 22.6 Å². The van der Waals surface area contributed by atoms with Crippen molar-refractivity contribution in [2.45, 2.75) is 31.4 Å². The quantitative estimate of drug-likeness (QED) is 0.240. The molecule has 0 rings (SSSR count). The van der Waals surface area contributed by atoms with Crippen LogP contribution in [0.5, 0.6) is 0 Å². The molecule has 32 heavy (non-hydrogen) atoms. The van der Waals surface area contributed by atoms with E-state index in [1.165, 1.54) is 0 Å². The van der Waals surface area contributed by atoms with Crippen molar-refractivity contribution in [3.8, 4) is 0 Å². The SMILES string of the molecule is OC(Br)(Br)C(Br)(Br)C(Br)(Br)C(Br)(Br)C(Br)(Br)C(Br)(Br)C(Br)(Br)C(Br)(Br)C(Br)(Br)C(Br)(Br)Br. The second kappa shape index (κ2) is 13.4. The molecule has 0 aliphatic carbocycles. The Bertz CT molecular complexity index is 632. The Morgan fingerprint density at radius 3 is 0.562 bits per heavy atom. The van der Waals surface area contributed by atoms with Crippen LogP contribution in [-0.4, -0.2) is 36.5 Å². The first-order valence-corrected chi connectivity index (χ1v) is 23.1. The maximum Gasteiger partial charge on any atom is 0.202 e. The molecule has 0 unspecified atom stereocenters. The van der Waals surface area contributed by atoms with Crippen LogP contribution in [0.1, 0.15) is 0 Å². The molecule has 0 bridgehead atoms. The van der Waals surface area contributed by atoms with E-state index in [1.54, 1.807) is 0 Å². The lowest BCUT2D eigenvalue weighted by atomic mass is 10.1. The largest absolute Gasteiger partial charge is 0.368 e. The standard InChI is InChI=1S/C10HBr21O/c11-1(12,3(15,16)5(19,20)7(23,24)9(27,28)29)2(13,14)4(17,18)6(21,22)8(25,26)10(30,31)32/h32H. The number of halogens is 21. The molecular weight excluding hydrogens is 1810 g/mol. The van der Waals surface area contributed by atoms with Gasteiger partial charge >= 0.3 is 0 Å². The number of alkyl halides is 21. The zero-order valence-electron chi connectivity index (χ0n) is 13.4. The lowest BCUT2D eigenvalue weighted by molar-refractivity contribution is 0.228. The first-order chi connectivity index (χ1) is 13.2. The molecule has 0 spiro atoms.